The molecule has 3 rings (SSSR count). The van der Waals surface area contributed by atoms with Crippen molar-refractivity contribution in [1.82, 2.24) is 0 Å². The Kier molecular flexibility index (Phi) is 5.87. The summed E-state index contributed by atoms with van der Waals surface area (Å²) < 4.78 is 0. The molecule has 0 radical (unpaired) electrons. The van der Waals surface area contributed by atoms with E-state index in [0.29, 0.717) is 48.5 Å². The Morgan fingerprint density at radius 1 is 0.821 bits per heavy atom. The molecule has 0 spiro atoms. The highest BCUT2D eigenvalue weighted by Crippen LogP contribution is 2.27. The van der Waals surface area contributed by atoms with Crippen molar-refractivity contribution in [2.24, 2.45) is 9.98 Å². The fraction of sp³-hybridized carbons (Fsp3) is 0.364. The van der Waals surface area contributed by atoms with Gasteiger partial charge in [-0.1, -0.05) is 18.2 Å². The zero-order chi connectivity index (χ0) is 20.3. The van der Waals surface area contributed by atoms with Gasteiger partial charge in [-0.25, -0.2) is 0 Å². The zero-order valence-corrected chi connectivity index (χ0v) is 16.2. The van der Waals surface area contributed by atoms with E-state index in [1.807, 2.05) is 0 Å². The molecule has 0 aliphatic carbocycles. The van der Waals surface area contributed by atoms with Crippen LogP contribution in [0.1, 0.15) is 50.7 Å². The molecule has 146 valence electrons. The maximum absolute atomic E-state index is 12.1. The molecule has 0 aromatic heterocycles. The molecule has 1 aromatic carbocycles. The summed E-state index contributed by atoms with van der Waals surface area (Å²) >= 11 is 0. The lowest BCUT2D eigenvalue weighted by Crippen LogP contribution is -2.12. The molecule has 0 unspecified atom stereocenters. The van der Waals surface area contributed by atoms with E-state index in [1.54, 1.807) is 24.3 Å². The number of carbonyl (C=O) groups excluding carboxylic acids is 2. The summed E-state index contributed by atoms with van der Waals surface area (Å²) in [6.07, 6.45) is 3.01. The Hall–Kier alpha value is -3.02. The maximum atomic E-state index is 12.1. The Morgan fingerprint density at radius 2 is 1.25 bits per heavy atom. The van der Waals surface area contributed by atoms with Gasteiger partial charge < -0.3 is 10.2 Å². The lowest BCUT2D eigenvalue weighted by molar-refractivity contribution is -0.114. The van der Waals surface area contributed by atoms with Gasteiger partial charge in [0.2, 0.25) is 0 Å². The summed E-state index contributed by atoms with van der Waals surface area (Å²) in [7, 11) is 0. The van der Waals surface area contributed by atoms with Crippen LogP contribution in [-0.2, 0) is 9.59 Å². The second kappa shape index (κ2) is 8.33. The largest absolute Gasteiger partial charge is 0.506 e. The van der Waals surface area contributed by atoms with Gasteiger partial charge in [0.05, 0.1) is 11.1 Å². The van der Waals surface area contributed by atoms with E-state index in [0.717, 1.165) is 12.8 Å². The second-order valence-corrected chi connectivity index (χ2v) is 7.00. The SMILES string of the molecule is CC(=O)/C(C1=NCCC1)=C(/O)c1cccc(/C(O)=C(\C(C)=O)C2=NCCC2)c1. The second-order valence-electron chi connectivity index (χ2n) is 7.00. The molecule has 0 atom stereocenters. The Balaban J connectivity index is 2.08. The number of aliphatic imine (C=N–C) groups is 2. The number of nitrogens with zero attached hydrogens (tertiary/aromatic N) is 2. The molecular formula is C22H24N2O4. The predicted octanol–water partition coefficient (Wildman–Crippen LogP) is 3.87. The van der Waals surface area contributed by atoms with Crippen molar-refractivity contribution in [3.63, 3.8) is 0 Å². The smallest absolute Gasteiger partial charge is 0.165 e. The summed E-state index contributed by atoms with van der Waals surface area (Å²) in [6.45, 7) is 4.10. The third-order valence-electron chi connectivity index (χ3n) is 4.91. The van der Waals surface area contributed by atoms with Gasteiger partial charge in [0.25, 0.3) is 0 Å². The van der Waals surface area contributed by atoms with Crippen molar-refractivity contribution in [3.8, 4) is 0 Å². The van der Waals surface area contributed by atoms with Crippen LogP contribution in [0, 0.1) is 0 Å². The van der Waals surface area contributed by atoms with Crippen molar-refractivity contribution in [1.29, 1.82) is 0 Å². The molecule has 0 fully saturated rings. The number of hydrogen-bond acceptors (Lipinski definition) is 6. The average Bonchev–Trinajstić information content (AvgIpc) is 3.36. The lowest BCUT2D eigenvalue weighted by atomic mass is 9.95. The van der Waals surface area contributed by atoms with Crippen LogP contribution in [0.3, 0.4) is 0 Å². The highest BCUT2D eigenvalue weighted by Gasteiger charge is 2.23. The lowest BCUT2D eigenvalue weighted by Gasteiger charge is -2.12. The highest BCUT2D eigenvalue weighted by molar-refractivity contribution is 6.27. The third-order valence-corrected chi connectivity index (χ3v) is 4.91. The van der Waals surface area contributed by atoms with Gasteiger partial charge in [-0.3, -0.25) is 19.6 Å². The third kappa shape index (κ3) is 3.96. The quantitative estimate of drug-likeness (QED) is 0.578. The first kappa shape index (κ1) is 19.7. The fourth-order valence-corrected chi connectivity index (χ4v) is 3.60. The monoisotopic (exact) mass is 380 g/mol. The number of carbonyl (C=O) groups is 2. The summed E-state index contributed by atoms with van der Waals surface area (Å²) in [5, 5.41) is 21.5. The van der Waals surface area contributed by atoms with Crippen LogP contribution in [0.4, 0.5) is 0 Å². The molecule has 0 bridgehead atoms. The van der Waals surface area contributed by atoms with Crippen molar-refractivity contribution < 1.29 is 19.8 Å². The van der Waals surface area contributed by atoms with Gasteiger partial charge in [0, 0.05) is 35.6 Å². The number of rotatable bonds is 6. The molecule has 2 aliphatic rings. The molecule has 0 saturated carbocycles. The molecule has 2 aliphatic heterocycles. The minimum Gasteiger partial charge on any atom is -0.506 e. The fourth-order valence-electron chi connectivity index (χ4n) is 3.60. The minimum atomic E-state index is -0.256. The number of benzene rings is 1. The summed E-state index contributed by atoms with van der Waals surface area (Å²) in [5.41, 5.74) is 2.43. The highest BCUT2D eigenvalue weighted by atomic mass is 16.3. The van der Waals surface area contributed by atoms with Crippen molar-refractivity contribution >= 4 is 34.5 Å². The molecule has 28 heavy (non-hydrogen) atoms. The van der Waals surface area contributed by atoms with Crippen molar-refractivity contribution in [2.75, 3.05) is 13.1 Å². The number of aliphatic hydroxyl groups is 2. The average molecular weight is 380 g/mol. The van der Waals surface area contributed by atoms with E-state index in [2.05, 4.69) is 9.98 Å². The molecule has 0 amide bonds. The minimum absolute atomic E-state index is 0.162. The first-order valence-corrected chi connectivity index (χ1v) is 9.46. The van der Waals surface area contributed by atoms with Crippen LogP contribution in [0.2, 0.25) is 0 Å². The number of aliphatic hydroxyl groups excluding tert-OH is 2. The van der Waals surface area contributed by atoms with E-state index in [1.165, 1.54) is 13.8 Å². The summed E-state index contributed by atoms with van der Waals surface area (Å²) in [6, 6.07) is 6.55. The molecular weight excluding hydrogens is 356 g/mol. The topological polar surface area (TPSA) is 99.3 Å². The van der Waals surface area contributed by atoms with Crippen molar-refractivity contribution in [2.45, 2.75) is 39.5 Å². The first-order valence-electron chi connectivity index (χ1n) is 9.46. The van der Waals surface area contributed by atoms with Crippen LogP contribution in [-0.4, -0.2) is 46.3 Å². The number of Topliss-reactive ketones (excluding diaryl/α,β-unsaturated/α-hetero) is 2. The van der Waals surface area contributed by atoms with E-state index >= 15 is 0 Å². The number of allylic oxidation sites excluding steroid dienone is 2. The molecule has 0 saturated heterocycles. The maximum Gasteiger partial charge on any atom is 0.165 e. The van der Waals surface area contributed by atoms with Gasteiger partial charge in [-0.2, -0.15) is 0 Å². The zero-order valence-electron chi connectivity index (χ0n) is 16.2. The summed E-state index contributed by atoms with van der Waals surface area (Å²) in [5.74, 6) is -0.836. The first-order chi connectivity index (χ1) is 13.4. The molecule has 2 N–H and O–H groups in total. The van der Waals surface area contributed by atoms with E-state index in [-0.39, 0.29) is 34.2 Å². The van der Waals surface area contributed by atoms with Crippen LogP contribution in [0.5, 0.6) is 0 Å². The Morgan fingerprint density at radius 3 is 1.57 bits per heavy atom. The van der Waals surface area contributed by atoms with E-state index in [9.17, 15) is 19.8 Å². The standard InChI is InChI=1S/C22H24N2O4/c1-13(25)19(17-8-4-10-23-17)21(27)15-6-3-7-16(12-15)22(28)20(14(2)26)18-9-5-11-24-18/h3,6-7,12,27-28H,4-5,8-11H2,1-2H3/b21-19-,22-20-. The predicted molar refractivity (Wildman–Crippen MR) is 110 cm³/mol. The van der Waals surface area contributed by atoms with Gasteiger partial charge >= 0.3 is 0 Å². The van der Waals surface area contributed by atoms with Crippen LogP contribution in [0.25, 0.3) is 11.5 Å². The number of hydrogen-bond donors (Lipinski definition) is 2. The van der Waals surface area contributed by atoms with Gasteiger partial charge in [-0.15, -0.1) is 0 Å². The normalized spacial score (nSPS) is 18.2. The van der Waals surface area contributed by atoms with Gasteiger partial charge in [0.15, 0.2) is 11.6 Å². The molecule has 6 nitrogen and oxygen atoms in total. The number of ketones is 2. The molecule has 2 heterocycles. The summed E-state index contributed by atoms with van der Waals surface area (Å²) in [4.78, 5) is 32.9. The van der Waals surface area contributed by atoms with Gasteiger partial charge in [-0.05, 0) is 45.6 Å². The van der Waals surface area contributed by atoms with Crippen LogP contribution >= 0.6 is 0 Å². The van der Waals surface area contributed by atoms with E-state index in [4.69, 9.17) is 0 Å². The Bertz CT molecular complexity index is 878. The van der Waals surface area contributed by atoms with Crippen LogP contribution < -0.4 is 0 Å². The molecule has 1 aromatic rings. The Labute approximate surface area is 164 Å². The van der Waals surface area contributed by atoms with E-state index < -0.39 is 0 Å². The van der Waals surface area contributed by atoms with Crippen LogP contribution in [0.15, 0.2) is 45.4 Å². The van der Waals surface area contributed by atoms with Crippen molar-refractivity contribution in [3.05, 3.63) is 46.5 Å². The molecule has 6 heteroatoms. The van der Waals surface area contributed by atoms with Gasteiger partial charge in [0.1, 0.15) is 11.5 Å².